The number of fused-ring (bicyclic) bond motifs is 10. The van der Waals surface area contributed by atoms with Crippen LogP contribution in [0.5, 0.6) is 0 Å². The zero-order valence-corrected chi connectivity index (χ0v) is 32.6. The van der Waals surface area contributed by atoms with E-state index in [0.29, 0.717) is 35.8 Å². The monoisotopic (exact) mass is 804 g/mol. The third kappa shape index (κ3) is 7.33. The van der Waals surface area contributed by atoms with Crippen LogP contribution in [0.2, 0.25) is 0 Å². The van der Waals surface area contributed by atoms with Gasteiger partial charge in [0.2, 0.25) is 28.3 Å². The molecule has 2 aromatic heterocycles. The molecular formula is C39H42F2N8O5S2. The van der Waals surface area contributed by atoms with Crippen molar-refractivity contribution in [1.29, 1.82) is 0 Å². The molecule has 4 heterocycles. The van der Waals surface area contributed by atoms with Gasteiger partial charge in [-0.2, -0.15) is 15.0 Å². The van der Waals surface area contributed by atoms with E-state index in [4.69, 9.17) is 15.2 Å². The molecule has 5 atom stereocenters. The summed E-state index contributed by atoms with van der Waals surface area (Å²) in [7, 11) is -4.10. The average molecular weight is 805 g/mol. The van der Waals surface area contributed by atoms with Crippen molar-refractivity contribution in [1.82, 2.24) is 34.9 Å². The number of hydrogen-bond acceptors (Lipinski definition) is 10. The Hall–Kier alpha value is -5.03. The predicted octanol–water partition coefficient (Wildman–Crippen LogP) is 5.06. The number of rotatable bonds is 7. The van der Waals surface area contributed by atoms with Gasteiger partial charge in [0.1, 0.15) is 29.0 Å². The first-order chi connectivity index (χ1) is 26.6. The van der Waals surface area contributed by atoms with Crippen LogP contribution in [-0.2, 0) is 30.8 Å². The Kier molecular flexibility index (Phi) is 9.58. The van der Waals surface area contributed by atoms with Crippen LogP contribution in [0, 0.1) is 11.3 Å². The molecule has 3 amide bonds. The number of halogens is 2. The molecule has 0 unspecified atom stereocenters. The van der Waals surface area contributed by atoms with Crippen molar-refractivity contribution >= 4 is 50.3 Å². The molecule has 1 saturated heterocycles. The van der Waals surface area contributed by atoms with E-state index in [2.05, 4.69) is 10.6 Å². The minimum Gasteiger partial charge on any atom is -0.349 e. The molecule has 294 valence electrons. The summed E-state index contributed by atoms with van der Waals surface area (Å²) in [5.41, 5.74) is 1.65. The minimum absolute atomic E-state index is 0.0155. The second kappa shape index (κ2) is 14.2. The van der Waals surface area contributed by atoms with Crippen molar-refractivity contribution in [3.05, 3.63) is 77.3 Å². The molecular weight excluding hydrogens is 763 g/mol. The number of nitrogens with one attached hydrogen (secondary N) is 3. The van der Waals surface area contributed by atoms with E-state index in [9.17, 15) is 31.6 Å². The van der Waals surface area contributed by atoms with Crippen molar-refractivity contribution in [3.63, 3.8) is 0 Å². The summed E-state index contributed by atoms with van der Waals surface area (Å²) in [6, 6.07) is 14.6. The fourth-order valence-corrected chi connectivity index (χ4v) is 9.61. The first-order valence-corrected chi connectivity index (χ1v) is 21.0. The predicted molar refractivity (Wildman–Crippen MR) is 207 cm³/mol. The lowest BCUT2D eigenvalue weighted by atomic mass is 9.85. The molecule has 13 nitrogen and oxygen atoms in total. The summed E-state index contributed by atoms with van der Waals surface area (Å²) in [4.78, 5) is 50.4. The van der Waals surface area contributed by atoms with E-state index in [1.165, 1.54) is 21.0 Å². The van der Waals surface area contributed by atoms with E-state index < -0.39 is 80.8 Å². The maximum atomic E-state index is 14.8. The lowest BCUT2D eigenvalue weighted by Crippen LogP contribution is -2.59. The molecule has 56 heavy (non-hydrogen) atoms. The highest BCUT2D eigenvalue weighted by Crippen LogP contribution is 2.49. The van der Waals surface area contributed by atoms with Gasteiger partial charge in [-0.3, -0.25) is 19.1 Å². The van der Waals surface area contributed by atoms with Crippen molar-refractivity contribution in [2.24, 2.45) is 11.3 Å². The average Bonchev–Trinajstić information content (AvgIpc) is 3.98. The maximum Gasteiger partial charge on any atom is 0.259 e. The van der Waals surface area contributed by atoms with Crippen molar-refractivity contribution in [3.8, 4) is 22.5 Å². The fraction of sp³-hybridized carbons (Fsp3) is 0.436. The molecule has 4 aromatic rings. The normalized spacial score (nSPS) is 25.5. The second-order valence-corrected chi connectivity index (χ2v) is 18.9. The smallest absolute Gasteiger partial charge is 0.259 e. The number of alkyl halides is 2. The zero-order chi connectivity index (χ0) is 39.6. The van der Waals surface area contributed by atoms with Gasteiger partial charge in [0.25, 0.3) is 5.91 Å². The highest BCUT2D eigenvalue weighted by Gasteiger charge is 2.67. The van der Waals surface area contributed by atoms with Crippen LogP contribution in [0.15, 0.2) is 66.1 Å². The summed E-state index contributed by atoms with van der Waals surface area (Å²) in [6.07, 6.45) is 1.79. The van der Waals surface area contributed by atoms with Crippen LogP contribution in [0.25, 0.3) is 28.6 Å². The summed E-state index contributed by atoms with van der Waals surface area (Å²) in [5, 5.41) is 17.4. The molecule has 0 radical (unpaired) electrons. The Labute approximate surface area is 327 Å². The molecule has 4 aliphatic rings. The lowest BCUT2D eigenvalue weighted by Gasteiger charge is -2.35. The van der Waals surface area contributed by atoms with Gasteiger partial charge in [0, 0.05) is 35.9 Å². The van der Waals surface area contributed by atoms with E-state index >= 15 is 0 Å². The molecule has 8 bridgehead atoms. The molecule has 17 heteroatoms. The number of amides is 3. The number of aromatic nitrogens is 4. The van der Waals surface area contributed by atoms with Crippen LogP contribution < -0.4 is 15.4 Å². The standard InChI is InChI=1S/C39H42F2N8O5S2/c1-38(2,3)32-35(51)48-20-26(18-29(48)34(50)44-39(19-28(39)33(40)41)36(52)47-56(53,54)27-15-16-27)49-45-30(23-11-5-4-6-12-23)31(46-49)24-13-7-9-22(17-24)10-8-14-25-21-55-37(42-25)43-32/h4-13,17,21,26-29,32-33H,14-16,18-20H2,1-3H3,(H,42,43)(H,44,50)(H,47,52)/b10-8+/t26-,28+,29+,32-,39-/m1/s1. The summed E-state index contributed by atoms with van der Waals surface area (Å²) in [6.45, 7) is 5.62. The topological polar surface area (TPSA) is 168 Å². The Morgan fingerprint density at radius 3 is 2.43 bits per heavy atom. The van der Waals surface area contributed by atoms with Crippen LogP contribution in [0.1, 0.15) is 63.8 Å². The van der Waals surface area contributed by atoms with Crippen molar-refractivity contribution in [2.45, 2.75) is 88.2 Å². The van der Waals surface area contributed by atoms with Crippen LogP contribution >= 0.6 is 11.3 Å². The van der Waals surface area contributed by atoms with Crippen molar-refractivity contribution in [2.75, 3.05) is 11.9 Å². The Balaban J connectivity index is 1.21. The Morgan fingerprint density at radius 1 is 1.04 bits per heavy atom. The van der Waals surface area contributed by atoms with Gasteiger partial charge >= 0.3 is 0 Å². The number of thiazole rings is 1. The third-order valence-corrected chi connectivity index (χ3v) is 13.5. The Bertz CT molecular complexity index is 2320. The van der Waals surface area contributed by atoms with E-state index in [1.807, 2.05) is 97.6 Å². The van der Waals surface area contributed by atoms with Crippen LogP contribution in [0.3, 0.4) is 0 Å². The second-order valence-electron chi connectivity index (χ2n) is 16.1. The number of carbonyl (C=O) groups excluding carboxylic acids is 3. The molecule has 2 aromatic carbocycles. The van der Waals surface area contributed by atoms with E-state index in [-0.39, 0.29) is 13.0 Å². The number of hydrogen-bond donors (Lipinski definition) is 3. The molecule has 2 saturated carbocycles. The number of allylic oxidation sites excluding steroid dienone is 1. The summed E-state index contributed by atoms with van der Waals surface area (Å²) >= 11 is 1.35. The quantitative estimate of drug-likeness (QED) is 0.232. The number of benzene rings is 2. The van der Waals surface area contributed by atoms with E-state index in [1.54, 1.807) is 0 Å². The van der Waals surface area contributed by atoms with Crippen LogP contribution in [0.4, 0.5) is 13.9 Å². The third-order valence-electron chi connectivity index (χ3n) is 10.9. The number of nitrogens with zero attached hydrogens (tertiary/aromatic N) is 5. The number of sulfonamides is 1. The zero-order valence-electron chi connectivity index (χ0n) is 31.0. The van der Waals surface area contributed by atoms with Gasteiger partial charge in [-0.1, -0.05) is 81.5 Å². The summed E-state index contributed by atoms with van der Waals surface area (Å²) in [5.74, 6) is -4.11. The summed E-state index contributed by atoms with van der Waals surface area (Å²) < 4.78 is 55.9. The maximum absolute atomic E-state index is 14.8. The van der Waals surface area contributed by atoms with Gasteiger partial charge in [-0.05, 0) is 36.3 Å². The number of anilines is 1. The van der Waals surface area contributed by atoms with Gasteiger partial charge in [0.05, 0.1) is 22.9 Å². The SMILES string of the molecule is CC(C)(C)[C@@H]1Nc2nc(cs2)C/C=C/c2cccc(c2)-c2nn(nc2-c2ccccc2)[C@@H]2C[C@@H](C(=O)N[C@]3(C(=O)NS(=O)(=O)C4CC4)C[C@H]3C(F)F)N(C2)C1=O. The number of carbonyl (C=O) groups is 3. The first kappa shape index (κ1) is 37.9. The van der Waals surface area contributed by atoms with Crippen LogP contribution in [-0.4, -0.2) is 86.9 Å². The molecule has 3 N–H and O–H groups in total. The van der Waals surface area contributed by atoms with Gasteiger partial charge in [-0.15, -0.1) is 11.3 Å². The molecule has 2 aliphatic carbocycles. The first-order valence-electron chi connectivity index (χ1n) is 18.6. The molecule has 0 spiro atoms. The highest BCUT2D eigenvalue weighted by molar-refractivity contribution is 7.91. The van der Waals surface area contributed by atoms with E-state index in [0.717, 1.165) is 22.4 Å². The lowest BCUT2D eigenvalue weighted by molar-refractivity contribution is -0.141. The van der Waals surface area contributed by atoms with Crippen molar-refractivity contribution < 1.29 is 31.6 Å². The van der Waals surface area contributed by atoms with Gasteiger partial charge in [0.15, 0.2) is 5.13 Å². The highest BCUT2D eigenvalue weighted by atomic mass is 32.2. The molecule has 8 rings (SSSR count). The largest absolute Gasteiger partial charge is 0.349 e. The van der Waals surface area contributed by atoms with Gasteiger partial charge < -0.3 is 15.5 Å². The minimum atomic E-state index is -4.10. The molecule has 3 fully saturated rings. The molecule has 2 aliphatic heterocycles. The van der Waals surface area contributed by atoms with Gasteiger partial charge in [-0.25, -0.2) is 22.2 Å². The fourth-order valence-electron chi connectivity index (χ4n) is 7.49. The Morgan fingerprint density at radius 2 is 1.75 bits per heavy atom.